The van der Waals surface area contributed by atoms with Crippen molar-refractivity contribution in [3.05, 3.63) is 52.5 Å². The lowest BCUT2D eigenvalue weighted by Crippen LogP contribution is -2.22. The van der Waals surface area contributed by atoms with Crippen molar-refractivity contribution in [2.45, 2.75) is 32.0 Å². The van der Waals surface area contributed by atoms with E-state index in [1.807, 2.05) is 25.0 Å². The number of allylic oxidation sites excluding steroid dienone is 1. The van der Waals surface area contributed by atoms with Crippen LogP contribution >= 0.6 is 0 Å². The molecule has 0 saturated carbocycles. The Labute approximate surface area is 147 Å². The molecule has 136 valence electrons. The Hall–Kier alpha value is -3.15. The van der Waals surface area contributed by atoms with Gasteiger partial charge in [-0.3, -0.25) is 5.10 Å². The summed E-state index contributed by atoms with van der Waals surface area (Å²) in [4.78, 5) is 0. The Morgan fingerprint density at radius 2 is 1.96 bits per heavy atom. The third kappa shape index (κ3) is 3.06. The van der Waals surface area contributed by atoms with Gasteiger partial charge in [0.1, 0.15) is 23.1 Å². The van der Waals surface area contributed by atoms with Crippen molar-refractivity contribution >= 4 is 0 Å². The van der Waals surface area contributed by atoms with Crippen molar-refractivity contribution < 1.29 is 22.6 Å². The van der Waals surface area contributed by atoms with Gasteiger partial charge in [-0.05, 0) is 31.5 Å². The number of fused-ring (bicyclic) bond motifs is 1. The fourth-order valence-corrected chi connectivity index (χ4v) is 2.81. The van der Waals surface area contributed by atoms with Crippen LogP contribution in [0.5, 0.6) is 11.6 Å². The van der Waals surface area contributed by atoms with Crippen molar-refractivity contribution in [1.29, 1.82) is 5.26 Å². The summed E-state index contributed by atoms with van der Waals surface area (Å²) < 4.78 is 50.7. The van der Waals surface area contributed by atoms with Gasteiger partial charge in [-0.15, -0.1) is 5.10 Å². The van der Waals surface area contributed by atoms with Crippen molar-refractivity contribution in [1.82, 2.24) is 10.2 Å². The van der Waals surface area contributed by atoms with Gasteiger partial charge in [0.15, 0.2) is 0 Å². The molecule has 0 aliphatic carbocycles. The summed E-state index contributed by atoms with van der Waals surface area (Å²) in [6.07, 6.45) is -4.73. The Bertz CT molecular complexity index is 892. The predicted molar refractivity (Wildman–Crippen MR) is 85.1 cm³/mol. The zero-order chi connectivity index (χ0) is 19.1. The molecule has 1 atom stereocenters. The summed E-state index contributed by atoms with van der Waals surface area (Å²) in [6, 6.07) is 8.29. The third-order valence-corrected chi connectivity index (χ3v) is 3.81. The van der Waals surface area contributed by atoms with Gasteiger partial charge in [-0.1, -0.05) is 12.1 Å². The monoisotopic (exact) mass is 364 g/mol. The number of rotatable bonds is 3. The maximum Gasteiger partial charge on any atom is 0.433 e. The molecule has 0 saturated heterocycles. The van der Waals surface area contributed by atoms with E-state index < -0.39 is 17.8 Å². The Kier molecular flexibility index (Phi) is 4.28. The molecule has 9 heteroatoms. The Morgan fingerprint density at radius 1 is 1.31 bits per heavy atom. The van der Waals surface area contributed by atoms with Crippen molar-refractivity contribution in [3.8, 4) is 17.7 Å². The van der Waals surface area contributed by atoms with Crippen LogP contribution in [0.2, 0.25) is 0 Å². The maximum absolute atomic E-state index is 13.4. The average molecular weight is 364 g/mol. The number of nitrogens with zero attached hydrogens (tertiary/aromatic N) is 2. The van der Waals surface area contributed by atoms with E-state index in [0.717, 1.165) is 0 Å². The van der Waals surface area contributed by atoms with E-state index >= 15 is 0 Å². The molecule has 1 aromatic heterocycles. The van der Waals surface area contributed by atoms with Gasteiger partial charge in [0, 0.05) is 0 Å². The third-order valence-electron chi connectivity index (χ3n) is 3.81. The standard InChI is InChI=1S/C17H15F3N4O2/c1-8(2)25-10-5-3-9(4-6-10)12-11(7-21)15(22)26-16-13(12)14(23-24-16)17(18,19)20/h3-6,8,12H,22H2,1-2H3,(H,23,24)/t12-/m1/s1. The van der Waals surface area contributed by atoms with Gasteiger partial charge in [-0.25, -0.2) is 0 Å². The van der Waals surface area contributed by atoms with E-state index in [4.69, 9.17) is 15.2 Å². The number of halogens is 3. The smallest absolute Gasteiger partial charge is 0.433 e. The zero-order valence-corrected chi connectivity index (χ0v) is 13.9. The molecule has 0 bridgehead atoms. The molecule has 0 fully saturated rings. The molecule has 1 aliphatic heterocycles. The summed E-state index contributed by atoms with van der Waals surface area (Å²) in [5, 5.41) is 14.9. The van der Waals surface area contributed by atoms with Crippen LogP contribution in [0.3, 0.4) is 0 Å². The van der Waals surface area contributed by atoms with Gasteiger partial charge in [0.25, 0.3) is 0 Å². The summed E-state index contributed by atoms with van der Waals surface area (Å²) in [6.45, 7) is 3.72. The number of benzene rings is 1. The summed E-state index contributed by atoms with van der Waals surface area (Å²) in [5.74, 6) is -1.05. The lowest BCUT2D eigenvalue weighted by Gasteiger charge is -2.24. The molecule has 3 N–H and O–H groups in total. The molecule has 6 nitrogen and oxygen atoms in total. The van der Waals surface area contributed by atoms with Crippen LogP contribution < -0.4 is 15.2 Å². The first-order valence-corrected chi connectivity index (χ1v) is 7.72. The highest BCUT2D eigenvalue weighted by atomic mass is 19.4. The molecule has 3 rings (SSSR count). The minimum atomic E-state index is -4.68. The molecule has 0 unspecified atom stereocenters. The number of hydrogen-bond donors (Lipinski definition) is 2. The van der Waals surface area contributed by atoms with Crippen LogP contribution in [0.25, 0.3) is 0 Å². The van der Waals surface area contributed by atoms with Gasteiger partial charge in [0.05, 0.1) is 17.6 Å². The molecule has 2 heterocycles. The first-order valence-electron chi connectivity index (χ1n) is 7.72. The van der Waals surface area contributed by atoms with Gasteiger partial charge >= 0.3 is 6.18 Å². The van der Waals surface area contributed by atoms with Crippen molar-refractivity contribution in [3.63, 3.8) is 0 Å². The van der Waals surface area contributed by atoms with E-state index in [-0.39, 0.29) is 29.0 Å². The summed E-state index contributed by atoms with van der Waals surface area (Å²) in [7, 11) is 0. The highest BCUT2D eigenvalue weighted by Crippen LogP contribution is 2.46. The molecular weight excluding hydrogens is 349 g/mol. The molecule has 0 amide bonds. The van der Waals surface area contributed by atoms with E-state index in [9.17, 15) is 18.4 Å². The van der Waals surface area contributed by atoms with Gasteiger partial charge < -0.3 is 15.2 Å². The fourth-order valence-electron chi connectivity index (χ4n) is 2.81. The van der Waals surface area contributed by atoms with Crippen LogP contribution in [0.4, 0.5) is 13.2 Å². The largest absolute Gasteiger partial charge is 0.491 e. The maximum atomic E-state index is 13.4. The van der Waals surface area contributed by atoms with E-state index in [1.165, 1.54) is 0 Å². The molecule has 1 aliphatic rings. The average Bonchev–Trinajstić information content (AvgIpc) is 2.97. The van der Waals surface area contributed by atoms with E-state index in [0.29, 0.717) is 11.3 Å². The molecule has 0 radical (unpaired) electrons. The normalized spacial score (nSPS) is 16.9. The lowest BCUT2D eigenvalue weighted by atomic mass is 9.84. The van der Waals surface area contributed by atoms with Crippen molar-refractivity contribution in [2.24, 2.45) is 5.73 Å². The van der Waals surface area contributed by atoms with Crippen LogP contribution in [0, 0.1) is 11.3 Å². The number of nitriles is 1. The second-order valence-corrected chi connectivity index (χ2v) is 5.98. The summed E-state index contributed by atoms with van der Waals surface area (Å²) in [5.41, 5.74) is 4.72. The van der Waals surface area contributed by atoms with E-state index in [1.54, 1.807) is 24.3 Å². The number of aromatic amines is 1. The quantitative estimate of drug-likeness (QED) is 0.870. The second-order valence-electron chi connectivity index (χ2n) is 5.98. The number of hydrogen-bond acceptors (Lipinski definition) is 5. The van der Waals surface area contributed by atoms with Crippen molar-refractivity contribution in [2.75, 3.05) is 0 Å². The number of nitrogens with two attached hydrogens (primary N) is 1. The lowest BCUT2D eigenvalue weighted by molar-refractivity contribution is -0.141. The molecular formula is C17H15F3N4O2. The first-order chi connectivity index (χ1) is 12.2. The van der Waals surface area contributed by atoms with Crippen LogP contribution in [0.15, 0.2) is 35.7 Å². The van der Waals surface area contributed by atoms with E-state index in [2.05, 4.69) is 5.10 Å². The second kappa shape index (κ2) is 6.29. The van der Waals surface area contributed by atoms with Crippen LogP contribution in [-0.4, -0.2) is 16.3 Å². The summed E-state index contributed by atoms with van der Waals surface area (Å²) >= 11 is 0. The van der Waals surface area contributed by atoms with Gasteiger partial charge in [-0.2, -0.15) is 18.4 Å². The molecule has 2 aromatic rings. The minimum Gasteiger partial charge on any atom is -0.491 e. The number of nitrogens with one attached hydrogen (secondary N) is 1. The van der Waals surface area contributed by atoms with Crippen LogP contribution in [-0.2, 0) is 6.18 Å². The number of ether oxygens (including phenoxy) is 2. The molecule has 1 aromatic carbocycles. The highest BCUT2D eigenvalue weighted by Gasteiger charge is 2.44. The number of alkyl halides is 3. The number of H-pyrrole nitrogens is 1. The van der Waals surface area contributed by atoms with Gasteiger partial charge in [0.2, 0.25) is 11.8 Å². The number of aromatic nitrogens is 2. The zero-order valence-electron chi connectivity index (χ0n) is 13.9. The Morgan fingerprint density at radius 3 is 2.50 bits per heavy atom. The SMILES string of the molecule is CC(C)Oc1ccc([C@@H]2C(C#N)=C(N)Oc3n[nH]c(C(F)(F)F)c32)cc1. The molecule has 26 heavy (non-hydrogen) atoms. The highest BCUT2D eigenvalue weighted by molar-refractivity contribution is 5.56. The minimum absolute atomic E-state index is 0.0496. The molecule has 0 spiro atoms. The predicted octanol–water partition coefficient (Wildman–Crippen LogP) is 3.43. The topological polar surface area (TPSA) is 96.9 Å². The Balaban J connectivity index is 2.13. The first kappa shape index (κ1) is 17.7. The van der Waals surface area contributed by atoms with Crippen LogP contribution in [0.1, 0.15) is 36.6 Å². The fraction of sp³-hybridized carbons (Fsp3) is 0.294.